The largest absolute Gasteiger partial charge is 0.330 e. The first-order valence-electron chi connectivity index (χ1n) is 7.58. The Hall–Kier alpha value is -0.0800. The van der Waals surface area contributed by atoms with Crippen LogP contribution in [-0.2, 0) is 0 Å². The van der Waals surface area contributed by atoms with Gasteiger partial charge in [-0.05, 0) is 50.6 Å². The molecule has 1 saturated carbocycles. The van der Waals surface area contributed by atoms with Crippen LogP contribution in [0.15, 0.2) is 0 Å². The molecule has 0 aliphatic heterocycles. The zero-order valence-electron chi connectivity index (χ0n) is 12.0. The number of hydrogen-bond donors (Lipinski definition) is 2. The Balaban J connectivity index is 2.29. The molecule has 0 aromatic carbocycles. The molecule has 1 unspecified atom stereocenters. The normalized spacial score (nSPS) is 22.4. The minimum absolute atomic E-state index is 0.628. The Morgan fingerprint density at radius 1 is 1.06 bits per heavy atom. The topological polar surface area (TPSA) is 38.0 Å². The number of rotatable bonds is 6. The predicted octanol–water partition coefficient (Wildman–Crippen LogP) is 3.17. The summed E-state index contributed by atoms with van der Waals surface area (Å²) in [6, 6.07) is 0.668. The fraction of sp³-hybridized carbons (Fsp3) is 1.00. The third-order valence-corrected chi connectivity index (χ3v) is 4.55. The van der Waals surface area contributed by atoms with E-state index >= 15 is 0 Å². The molecule has 102 valence electrons. The highest BCUT2D eigenvalue weighted by Gasteiger charge is 2.20. The summed E-state index contributed by atoms with van der Waals surface area (Å²) in [4.78, 5) is 0. The number of nitrogens with two attached hydrogens (primary N) is 1. The lowest BCUT2D eigenvalue weighted by Crippen LogP contribution is -2.40. The maximum atomic E-state index is 5.82. The van der Waals surface area contributed by atoms with Crippen LogP contribution in [0.4, 0.5) is 0 Å². The fourth-order valence-corrected chi connectivity index (χ4v) is 2.91. The second-order valence-electron chi connectivity index (χ2n) is 6.19. The molecular formula is C15H32N2. The second-order valence-corrected chi connectivity index (χ2v) is 6.19. The van der Waals surface area contributed by atoms with Crippen LogP contribution in [0.25, 0.3) is 0 Å². The van der Waals surface area contributed by atoms with Gasteiger partial charge >= 0.3 is 0 Å². The Kier molecular flexibility index (Phi) is 7.14. The van der Waals surface area contributed by atoms with Gasteiger partial charge in [0.1, 0.15) is 0 Å². The molecule has 2 nitrogen and oxygen atoms in total. The van der Waals surface area contributed by atoms with Crippen LogP contribution in [-0.4, -0.2) is 19.1 Å². The van der Waals surface area contributed by atoms with E-state index in [1.165, 1.54) is 38.5 Å². The van der Waals surface area contributed by atoms with Crippen molar-refractivity contribution in [1.29, 1.82) is 0 Å². The van der Waals surface area contributed by atoms with Gasteiger partial charge in [0, 0.05) is 6.04 Å². The summed E-state index contributed by atoms with van der Waals surface area (Å²) < 4.78 is 0. The van der Waals surface area contributed by atoms with E-state index < -0.39 is 0 Å². The zero-order valence-corrected chi connectivity index (χ0v) is 12.0. The first-order chi connectivity index (χ1) is 8.15. The van der Waals surface area contributed by atoms with E-state index in [1.54, 1.807) is 0 Å². The Morgan fingerprint density at radius 2 is 1.65 bits per heavy atom. The zero-order chi connectivity index (χ0) is 12.7. The predicted molar refractivity (Wildman–Crippen MR) is 76.0 cm³/mol. The highest BCUT2D eigenvalue weighted by Crippen LogP contribution is 2.25. The monoisotopic (exact) mass is 240 g/mol. The van der Waals surface area contributed by atoms with Gasteiger partial charge in [0.2, 0.25) is 0 Å². The van der Waals surface area contributed by atoms with Gasteiger partial charge in [-0.1, -0.05) is 39.5 Å². The highest BCUT2D eigenvalue weighted by molar-refractivity contribution is 4.77. The maximum Gasteiger partial charge on any atom is 0.00671 e. The van der Waals surface area contributed by atoms with Crippen molar-refractivity contribution >= 4 is 0 Å². The Labute approximate surface area is 108 Å². The molecular weight excluding hydrogens is 208 g/mol. The van der Waals surface area contributed by atoms with Gasteiger partial charge in [-0.3, -0.25) is 0 Å². The molecule has 1 aliphatic carbocycles. The van der Waals surface area contributed by atoms with Gasteiger partial charge in [-0.15, -0.1) is 0 Å². The van der Waals surface area contributed by atoms with Gasteiger partial charge < -0.3 is 11.1 Å². The molecule has 0 saturated heterocycles. The van der Waals surface area contributed by atoms with E-state index in [0.29, 0.717) is 17.9 Å². The summed E-state index contributed by atoms with van der Waals surface area (Å²) in [6.45, 7) is 8.81. The molecule has 0 radical (unpaired) electrons. The molecule has 0 spiro atoms. The third-order valence-electron chi connectivity index (χ3n) is 4.55. The third kappa shape index (κ3) is 5.39. The molecule has 17 heavy (non-hydrogen) atoms. The molecule has 1 fully saturated rings. The van der Waals surface area contributed by atoms with Crippen LogP contribution in [0, 0.1) is 17.8 Å². The Bertz CT molecular complexity index is 183. The molecule has 3 N–H and O–H groups in total. The van der Waals surface area contributed by atoms with Crippen molar-refractivity contribution < 1.29 is 0 Å². The lowest BCUT2D eigenvalue weighted by atomic mass is 9.91. The minimum Gasteiger partial charge on any atom is -0.330 e. The average molecular weight is 240 g/mol. The van der Waals surface area contributed by atoms with Crippen molar-refractivity contribution in [2.45, 2.75) is 65.3 Å². The smallest absolute Gasteiger partial charge is 0.00671 e. The SMILES string of the molecule is CC(C)C(CN)CN[C@H](C)C1CCCCCC1. The maximum absolute atomic E-state index is 5.82. The van der Waals surface area contributed by atoms with E-state index in [2.05, 4.69) is 26.1 Å². The first-order valence-corrected chi connectivity index (χ1v) is 7.58. The number of hydrogen-bond acceptors (Lipinski definition) is 2. The lowest BCUT2D eigenvalue weighted by Gasteiger charge is -2.27. The minimum atomic E-state index is 0.628. The molecule has 0 bridgehead atoms. The molecule has 1 rings (SSSR count). The van der Waals surface area contributed by atoms with Crippen molar-refractivity contribution in [3.8, 4) is 0 Å². The van der Waals surface area contributed by atoms with Gasteiger partial charge in [-0.25, -0.2) is 0 Å². The van der Waals surface area contributed by atoms with Gasteiger partial charge in [0.15, 0.2) is 0 Å². The van der Waals surface area contributed by atoms with Gasteiger partial charge in [0.25, 0.3) is 0 Å². The van der Waals surface area contributed by atoms with Crippen LogP contribution in [0.1, 0.15) is 59.3 Å². The summed E-state index contributed by atoms with van der Waals surface area (Å²) in [7, 11) is 0. The molecule has 0 heterocycles. The molecule has 0 amide bonds. The quantitative estimate of drug-likeness (QED) is 0.700. The van der Waals surface area contributed by atoms with Crippen LogP contribution in [0.2, 0.25) is 0 Å². The van der Waals surface area contributed by atoms with Crippen molar-refractivity contribution in [3.05, 3.63) is 0 Å². The van der Waals surface area contributed by atoms with Crippen LogP contribution < -0.4 is 11.1 Å². The van der Waals surface area contributed by atoms with E-state index in [1.807, 2.05) is 0 Å². The fourth-order valence-electron chi connectivity index (χ4n) is 2.91. The lowest BCUT2D eigenvalue weighted by molar-refractivity contribution is 0.295. The molecule has 1 aliphatic rings. The Morgan fingerprint density at radius 3 is 2.12 bits per heavy atom. The summed E-state index contributed by atoms with van der Waals surface area (Å²) in [5, 5.41) is 3.73. The van der Waals surface area contributed by atoms with Crippen LogP contribution in [0.3, 0.4) is 0 Å². The molecule has 2 atom stereocenters. The molecule has 0 aromatic rings. The highest BCUT2D eigenvalue weighted by atomic mass is 14.9. The van der Waals surface area contributed by atoms with E-state index in [-0.39, 0.29) is 0 Å². The van der Waals surface area contributed by atoms with Gasteiger partial charge in [-0.2, -0.15) is 0 Å². The van der Waals surface area contributed by atoms with Crippen molar-refractivity contribution in [1.82, 2.24) is 5.32 Å². The summed E-state index contributed by atoms with van der Waals surface area (Å²) in [6.07, 6.45) is 8.59. The molecule has 0 aromatic heterocycles. The first kappa shape index (κ1) is 15.0. The van der Waals surface area contributed by atoms with Crippen LogP contribution in [0.5, 0.6) is 0 Å². The number of nitrogens with one attached hydrogen (secondary N) is 1. The average Bonchev–Trinajstić information content (AvgIpc) is 2.57. The second kappa shape index (κ2) is 8.10. The summed E-state index contributed by atoms with van der Waals surface area (Å²) in [5.41, 5.74) is 5.82. The standard InChI is InChI=1S/C15H32N2/c1-12(2)15(10-16)11-17-13(3)14-8-6-4-5-7-9-14/h12-15,17H,4-11,16H2,1-3H3/t13-,15?/m1/s1. The molecule has 2 heteroatoms. The van der Waals surface area contributed by atoms with Gasteiger partial charge in [0.05, 0.1) is 0 Å². The van der Waals surface area contributed by atoms with E-state index in [0.717, 1.165) is 19.0 Å². The summed E-state index contributed by atoms with van der Waals surface area (Å²) >= 11 is 0. The van der Waals surface area contributed by atoms with Crippen molar-refractivity contribution in [3.63, 3.8) is 0 Å². The van der Waals surface area contributed by atoms with Crippen molar-refractivity contribution in [2.75, 3.05) is 13.1 Å². The summed E-state index contributed by atoms with van der Waals surface area (Å²) in [5.74, 6) is 2.21. The van der Waals surface area contributed by atoms with E-state index in [4.69, 9.17) is 5.73 Å². The van der Waals surface area contributed by atoms with E-state index in [9.17, 15) is 0 Å². The van der Waals surface area contributed by atoms with Crippen LogP contribution >= 0.6 is 0 Å². The van der Waals surface area contributed by atoms with Crippen molar-refractivity contribution in [2.24, 2.45) is 23.5 Å².